The Labute approximate surface area is 416 Å². The first-order chi connectivity index (χ1) is 35.1. The predicted octanol–water partition coefficient (Wildman–Crippen LogP) is 7.75. The minimum Gasteiger partial charge on any atom is -0.491 e. The van der Waals surface area contributed by atoms with Gasteiger partial charge in [0, 0.05) is 36.3 Å². The van der Waals surface area contributed by atoms with E-state index in [1.807, 2.05) is 103 Å². The molecule has 9 rings (SSSR count). The molecule has 2 saturated heterocycles. The van der Waals surface area contributed by atoms with Gasteiger partial charge >= 0.3 is 12.1 Å². The predicted molar refractivity (Wildman–Crippen MR) is 267 cm³/mol. The van der Waals surface area contributed by atoms with Crippen molar-refractivity contribution in [2.75, 3.05) is 38.3 Å². The van der Waals surface area contributed by atoms with Crippen molar-refractivity contribution in [1.82, 2.24) is 15.1 Å². The number of aliphatic hydroxyl groups is 1. The molecule has 0 aromatic heterocycles. The molecule has 15 heteroatoms. The van der Waals surface area contributed by atoms with E-state index in [0.29, 0.717) is 40.9 Å². The number of ether oxygens (including phenoxy) is 3. The fourth-order valence-corrected chi connectivity index (χ4v) is 10.4. The van der Waals surface area contributed by atoms with Gasteiger partial charge in [-0.3, -0.25) is 34.3 Å². The lowest BCUT2D eigenvalue weighted by Gasteiger charge is -2.46. The molecule has 3 amide bonds. The van der Waals surface area contributed by atoms with Crippen molar-refractivity contribution in [3.05, 3.63) is 219 Å². The summed E-state index contributed by atoms with van der Waals surface area (Å²) in [6, 6.07) is 42.3. The number of rotatable bonds is 15. The number of morpholine rings is 1. The van der Waals surface area contributed by atoms with Gasteiger partial charge in [0.1, 0.15) is 36.5 Å². The number of fused-ring (bicyclic) bond motifs is 3. The Hall–Kier alpha value is -8.42. The van der Waals surface area contributed by atoms with Gasteiger partial charge in [-0.25, -0.2) is 9.69 Å². The standard InChI is InChI=1S/C57H51N5O10/c1-3-31-58-53(64)48-50-54(65)72-51(42-21-11-6-12-22-42)49(41-19-9-5-10-20-41)61(50)52(44-23-13-14-24-47(44)70-34-33-63)57(48)45-35-38(18-15-32-59(2)36-39-16-7-4-8-17-39)27-30-46(45)60(55(57)66)56(67)71-37-40-25-28-43(29-26-40)62(68)69/h3-14,16-17,19-30,35,48-52,63H,1,31-34,36-37H2,2H3,(H,58,64)/t48-,49-,50-,51+,52+,57-/m0/s1. The van der Waals surface area contributed by atoms with Gasteiger partial charge in [-0.05, 0) is 71.3 Å². The molecule has 3 heterocycles. The van der Waals surface area contributed by atoms with Crippen molar-refractivity contribution in [2.45, 2.75) is 42.8 Å². The number of carbonyl (C=O) groups is 4. The van der Waals surface area contributed by atoms with E-state index < -0.39 is 64.4 Å². The molecule has 2 fully saturated rings. The van der Waals surface area contributed by atoms with Crippen LogP contribution >= 0.6 is 0 Å². The van der Waals surface area contributed by atoms with Crippen molar-refractivity contribution in [3.63, 3.8) is 0 Å². The molecule has 6 aromatic rings. The maximum absolute atomic E-state index is 16.5. The number of cyclic esters (lactones) is 1. The Morgan fingerprint density at radius 1 is 0.875 bits per heavy atom. The topological polar surface area (TPSA) is 181 Å². The number of nitro groups is 1. The van der Waals surface area contributed by atoms with E-state index in [0.717, 1.165) is 10.5 Å². The molecule has 0 saturated carbocycles. The lowest BCUT2D eigenvalue weighted by Crippen LogP contribution is -2.55. The lowest BCUT2D eigenvalue weighted by molar-refractivity contribution is -0.384. The Morgan fingerprint density at radius 3 is 2.22 bits per heavy atom. The summed E-state index contributed by atoms with van der Waals surface area (Å²) < 4.78 is 18.7. The lowest BCUT2D eigenvalue weighted by atomic mass is 9.65. The van der Waals surface area contributed by atoms with Gasteiger partial charge in [0.05, 0.1) is 41.8 Å². The van der Waals surface area contributed by atoms with Gasteiger partial charge in [0.15, 0.2) is 0 Å². The van der Waals surface area contributed by atoms with Crippen LogP contribution in [0.15, 0.2) is 170 Å². The van der Waals surface area contributed by atoms with Crippen LogP contribution < -0.4 is 15.0 Å². The molecule has 3 aliphatic rings. The number of carbonyl (C=O) groups excluding carboxylic acids is 4. The molecule has 364 valence electrons. The third kappa shape index (κ3) is 9.22. The maximum Gasteiger partial charge on any atom is 0.421 e. The maximum atomic E-state index is 16.5. The van der Waals surface area contributed by atoms with E-state index in [-0.39, 0.29) is 49.1 Å². The number of para-hydroxylation sites is 1. The zero-order valence-corrected chi connectivity index (χ0v) is 39.3. The van der Waals surface area contributed by atoms with E-state index in [4.69, 9.17) is 14.2 Å². The smallest absolute Gasteiger partial charge is 0.421 e. The quantitative estimate of drug-likeness (QED) is 0.0336. The van der Waals surface area contributed by atoms with Crippen molar-refractivity contribution >= 4 is 35.3 Å². The van der Waals surface area contributed by atoms with Crippen LogP contribution in [0.25, 0.3) is 0 Å². The Morgan fingerprint density at radius 2 is 1.54 bits per heavy atom. The minimum absolute atomic E-state index is 0.0349. The average Bonchev–Trinajstić information content (AvgIpc) is 3.86. The van der Waals surface area contributed by atoms with Crippen LogP contribution in [0.4, 0.5) is 16.2 Å². The highest BCUT2D eigenvalue weighted by molar-refractivity contribution is 6.23. The summed E-state index contributed by atoms with van der Waals surface area (Å²) in [7, 11) is 1.95. The highest BCUT2D eigenvalue weighted by Gasteiger charge is 2.76. The van der Waals surface area contributed by atoms with E-state index in [1.54, 1.807) is 42.5 Å². The number of non-ortho nitro benzene ring substituents is 1. The number of nitrogens with zero attached hydrogens (tertiary/aromatic N) is 4. The monoisotopic (exact) mass is 965 g/mol. The van der Waals surface area contributed by atoms with Crippen LogP contribution in [0.5, 0.6) is 5.75 Å². The minimum atomic E-state index is -2.14. The SMILES string of the molecule is C=CCNC(=O)[C@@H]1[C@H]2C(=O)O[C@H](c3ccccc3)[C@H](c3ccccc3)N2[C@H](c2ccccc2OCCO)[C@@]12C(=O)N(C(=O)OCc1ccc([N+](=O)[O-])cc1)c1ccc(C#CCN(C)Cc3ccccc3)cc12. The Bertz CT molecular complexity index is 3050. The first-order valence-corrected chi connectivity index (χ1v) is 23.5. The molecule has 0 radical (unpaired) electrons. The van der Waals surface area contributed by atoms with Crippen molar-refractivity contribution < 1.29 is 43.4 Å². The number of aliphatic hydroxyl groups excluding tert-OH is 1. The number of nitrogens with one attached hydrogen (secondary N) is 1. The van der Waals surface area contributed by atoms with Crippen molar-refractivity contribution in [1.29, 1.82) is 0 Å². The number of imide groups is 1. The molecule has 0 unspecified atom stereocenters. The fraction of sp³-hybridized carbons (Fsp3) is 0.228. The average molecular weight is 966 g/mol. The van der Waals surface area contributed by atoms with Gasteiger partial charge in [-0.1, -0.05) is 127 Å². The molecule has 0 aliphatic carbocycles. The summed E-state index contributed by atoms with van der Waals surface area (Å²) in [6.07, 6.45) is -0.582. The summed E-state index contributed by atoms with van der Waals surface area (Å²) in [5, 5.41) is 24.4. The van der Waals surface area contributed by atoms with E-state index >= 15 is 14.4 Å². The molecular formula is C57H51N5O10. The van der Waals surface area contributed by atoms with Crippen LogP contribution in [0.2, 0.25) is 0 Å². The third-order valence-corrected chi connectivity index (χ3v) is 13.3. The number of hydrogen-bond acceptors (Lipinski definition) is 12. The van der Waals surface area contributed by atoms with Gasteiger partial charge in [-0.2, -0.15) is 0 Å². The normalized spacial score (nSPS) is 21.0. The number of nitro benzene ring substituents is 1. The molecule has 3 aliphatic heterocycles. The molecule has 1 spiro atoms. The van der Waals surface area contributed by atoms with Crippen molar-refractivity contribution in [3.8, 4) is 17.6 Å². The van der Waals surface area contributed by atoms with Gasteiger partial charge in [0.25, 0.3) is 5.69 Å². The summed E-state index contributed by atoms with van der Waals surface area (Å²) in [6.45, 7) is 3.93. The summed E-state index contributed by atoms with van der Waals surface area (Å²) >= 11 is 0. The highest BCUT2D eigenvalue weighted by atomic mass is 16.6. The molecule has 0 bridgehead atoms. The van der Waals surface area contributed by atoms with E-state index in [9.17, 15) is 20.0 Å². The van der Waals surface area contributed by atoms with E-state index in [2.05, 4.69) is 28.6 Å². The first-order valence-electron chi connectivity index (χ1n) is 23.5. The van der Waals surface area contributed by atoms with Crippen LogP contribution in [-0.4, -0.2) is 83.1 Å². The summed E-state index contributed by atoms with van der Waals surface area (Å²) in [5.74, 6) is 2.84. The van der Waals surface area contributed by atoms with Crippen LogP contribution in [0, 0.1) is 27.9 Å². The molecule has 6 aromatic carbocycles. The Balaban J connectivity index is 1.29. The van der Waals surface area contributed by atoms with Gasteiger partial charge in [0.2, 0.25) is 11.8 Å². The van der Waals surface area contributed by atoms with Crippen LogP contribution in [0.1, 0.15) is 57.1 Å². The van der Waals surface area contributed by atoms with Crippen LogP contribution in [-0.2, 0) is 42.4 Å². The molecular weight excluding hydrogens is 915 g/mol. The largest absolute Gasteiger partial charge is 0.491 e. The second kappa shape index (κ2) is 21.3. The summed E-state index contributed by atoms with van der Waals surface area (Å²) in [4.78, 5) is 77.9. The summed E-state index contributed by atoms with van der Waals surface area (Å²) in [5.41, 5.74) is 1.72. The number of esters is 1. The number of amides is 3. The second-order valence-corrected chi connectivity index (χ2v) is 17.7. The van der Waals surface area contributed by atoms with Crippen molar-refractivity contribution in [2.24, 2.45) is 5.92 Å². The Kier molecular flexibility index (Phi) is 14.4. The zero-order chi connectivity index (χ0) is 50.4. The molecule has 15 nitrogen and oxygen atoms in total. The highest BCUT2D eigenvalue weighted by Crippen LogP contribution is 2.66. The number of anilines is 1. The third-order valence-electron chi connectivity index (χ3n) is 13.3. The fourth-order valence-electron chi connectivity index (χ4n) is 10.4. The molecule has 2 N–H and O–H groups in total. The molecule has 6 atom stereocenters. The van der Waals surface area contributed by atoms with E-state index in [1.165, 1.54) is 30.3 Å². The zero-order valence-electron chi connectivity index (χ0n) is 39.3. The molecule has 72 heavy (non-hydrogen) atoms. The second-order valence-electron chi connectivity index (χ2n) is 17.7. The first kappa shape index (κ1) is 48.6. The van der Waals surface area contributed by atoms with Gasteiger partial charge < -0.3 is 24.6 Å². The van der Waals surface area contributed by atoms with Gasteiger partial charge in [-0.15, -0.1) is 6.58 Å². The number of benzene rings is 6. The van der Waals surface area contributed by atoms with Crippen LogP contribution in [0.3, 0.4) is 0 Å². The number of hydrogen-bond donors (Lipinski definition) is 2.